The monoisotopic (exact) mass is 641 g/mol. The Hall–Kier alpha value is -5.01. The molecule has 248 valence electrons. The van der Waals surface area contributed by atoms with E-state index in [1.807, 2.05) is 62.4 Å². The molecule has 0 radical (unpaired) electrons. The Morgan fingerprint density at radius 2 is 1.70 bits per heavy atom. The zero-order valence-electron chi connectivity index (χ0n) is 26.8. The van der Waals surface area contributed by atoms with Crippen LogP contribution in [0, 0.1) is 10.8 Å². The highest BCUT2D eigenvalue weighted by Crippen LogP contribution is 2.34. The van der Waals surface area contributed by atoms with E-state index in [0.29, 0.717) is 18.9 Å². The number of hydrogen-bond acceptors (Lipinski definition) is 11. The largest absolute Gasteiger partial charge is 0.491 e. The molecule has 0 bridgehead atoms. The third kappa shape index (κ3) is 8.43. The number of nitrogens with one attached hydrogen (secondary N) is 4. The fraction of sp³-hybridized carbons (Fsp3) is 0.382. The van der Waals surface area contributed by atoms with Gasteiger partial charge in [-0.25, -0.2) is 4.79 Å². The number of aromatic nitrogens is 1. The normalized spacial score (nSPS) is 20.1. The van der Waals surface area contributed by atoms with Crippen LogP contribution in [-0.4, -0.2) is 87.9 Å². The average Bonchev–Trinajstić information content (AvgIpc) is 3.55. The number of nitrogens with zero attached hydrogens (tertiary/aromatic N) is 5. The highest BCUT2D eigenvalue weighted by Gasteiger charge is 2.43. The molecule has 0 saturated carbocycles. The molecular formula is C34H43N9O4. The summed E-state index contributed by atoms with van der Waals surface area (Å²) in [6, 6.07) is 19.3. The van der Waals surface area contributed by atoms with Crippen LogP contribution in [0.4, 0.5) is 21.9 Å². The molecule has 0 spiro atoms. The molecule has 3 atom stereocenters. The predicted octanol–water partition coefficient (Wildman–Crippen LogP) is 4.20. The van der Waals surface area contributed by atoms with Gasteiger partial charge in [-0.2, -0.15) is 5.10 Å². The fourth-order valence-corrected chi connectivity index (χ4v) is 5.46. The van der Waals surface area contributed by atoms with Crippen LogP contribution in [-0.2, 0) is 15.3 Å². The van der Waals surface area contributed by atoms with Crippen LogP contribution >= 0.6 is 0 Å². The summed E-state index contributed by atoms with van der Waals surface area (Å²) in [5, 5.41) is 21.7. The van der Waals surface area contributed by atoms with E-state index in [4.69, 9.17) is 25.0 Å². The van der Waals surface area contributed by atoms with Gasteiger partial charge in [0.25, 0.3) is 0 Å². The van der Waals surface area contributed by atoms with Crippen LogP contribution in [0.5, 0.6) is 5.75 Å². The summed E-state index contributed by atoms with van der Waals surface area (Å²) in [5.74, 6) is -0.280. The first-order valence-corrected chi connectivity index (χ1v) is 15.8. The van der Waals surface area contributed by atoms with E-state index in [-0.39, 0.29) is 24.7 Å². The van der Waals surface area contributed by atoms with Crippen molar-refractivity contribution in [2.24, 2.45) is 5.10 Å². The van der Waals surface area contributed by atoms with Gasteiger partial charge in [0, 0.05) is 67.8 Å². The molecule has 1 aromatic heterocycles. The quantitative estimate of drug-likeness (QED) is 0.116. The lowest BCUT2D eigenvalue weighted by Crippen LogP contribution is -2.46. The number of carbonyl (C=O) groups excluding carboxylic acids is 1. The molecule has 3 heterocycles. The maximum atomic E-state index is 12.6. The van der Waals surface area contributed by atoms with Crippen LogP contribution in [0.3, 0.4) is 0 Å². The third-order valence-corrected chi connectivity index (χ3v) is 8.27. The molecule has 2 saturated heterocycles. The molecule has 4 N–H and O–H groups in total. The van der Waals surface area contributed by atoms with Crippen molar-refractivity contribution in [2.75, 3.05) is 60.6 Å². The molecule has 47 heavy (non-hydrogen) atoms. The number of carbonyl (C=O) groups is 1. The van der Waals surface area contributed by atoms with Gasteiger partial charge in [-0.3, -0.25) is 15.3 Å². The smallest absolute Gasteiger partial charge is 0.327 e. The summed E-state index contributed by atoms with van der Waals surface area (Å²) in [5.41, 5.74) is 6.61. The lowest BCUT2D eigenvalue weighted by Gasteiger charge is -2.37. The van der Waals surface area contributed by atoms with Gasteiger partial charge in [-0.05, 0) is 74.0 Å². The van der Waals surface area contributed by atoms with Crippen LogP contribution in [0.1, 0.15) is 25.8 Å². The van der Waals surface area contributed by atoms with Gasteiger partial charge in [-0.1, -0.05) is 6.92 Å². The predicted molar refractivity (Wildman–Crippen MR) is 184 cm³/mol. The van der Waals surface area contributed by atoms with Crippen molar-refractivity contribution in [3.8, 4) is 5.75 Å². The van der Waals surface area contributed by atoms with Crippen molar-refractivity contribution in [3.05, 3.63) is 78.6 Å². The summed E-state index contributed by atoms with van der Waals surface area (Å²) in [7, 11) is 0. The second-order valence-electron chi connectivity index (χ2n) is 11.4. The van der Waals surface area contributed by atoms with Crippen molar-refractivity contribution < 1.29 is 19.0 Å². The van der Waals surface area contributed by atoms with Gasteiger partial charge in [0.05, 0.1) is 31.4 Å². The number of anilines is 3. The number of pyridine rings is 1. The van der Waals surface area contributed by atoms with Crippen LogP contribution in [0.2, 0.25) is 0 Å². The molecule has 0 aliphatic carbocycles. The standard InChI is InChI=1S/C34H43N9O4/c1-3-26(2)40-33(44)43(25-36)30-6-4-28(5-7-30)41-18-20-42(21-19-41)29-8-10-31(11-9-29)45-22-32-23-46-34(47-32,24-39-38-17-14-35)27-12-15-37-16-13-27/h4-17,25-26,32,35-36,39H,3,18-24H2,1-2H3,(H,40,44)/b35-14?,36-25?,38-17-/t26?,32?,34-/m1/s1. The molecule has 5 rings (SSSR count). The van der Waals surface area contributed by atoms with E-state index in [1.165, 1.54) is 11.1 Å². The number of hydrogen-bond donors (Lipinski definition) is 4. The summed E-state index contributed by atoms with van der Waals surface area (Å²) in [6.45, 7) is 8.37. The van der Waals surface area contributed by atoms with Gasteiger partial charge in [-0.15, -0.1) is 0 Å². The minimum atomic E-state index is -1.03. The molecule has 2 unspecified atom stereocenters. The maximum Gasteiger partial charge on any atom is 0.327 e. The van der Waals surface area contributed by atoms with Crippen molar-refractivity contribution in [1.82, 2.24) is 15.7 Å². The second-order valence-corrected chi connectivity index (χ2v) is 11.4. The molecule has 13 nitrogen and oxygen atoms in total. The highest BCUT2D eigenvalue weighted by atomic mass is 16.8. The minimum Gasteiger partial charge on any atom is -0.491 e. The zero-order chi connectivity index (χ0) is 33.1. The molecule has 2 aromatic carbocycles. The Balaban J connectivity index is 1.10. The number of piperazine rings is 1. The average molecular weight is 642 g/mol. The lowest BCUT2D eigenvalue weighted by atomic mass is 10.1. The fourth-order valence-electron chi connectivity index (χ4n) is 5.46. The molecule has 13 heteroatoms. The van der Waals surface area contributed by atoms with Crippen molar-refractivity contribution >= 4 is 41.9 Å². The molecule has 2 fully saturated rings. The van der Waals surface area contributed by atoms with Gasteiger partial charge in [0.1, 0.15) is 18.5 Å². The first kappa shape index (κ1) is 33.4. The van der Waals surface area contributed by atoms with E-state index in [2.05, 4.69) is 42.8 Å². The Morgan fingerprint density at radius 1 is 1.06 bits per heavy atom. The van der Waals surface area contributed by atoms with Crippen LogP contribution < -0.4 is 30.2 Å². The Kier molecular flexibility index (Phi) is 11.4. The van der Waals surface area contributed by atoms with Crippen LogP contribution in [0.25, 0.3) is 0 Å². The number of benzene rings is 2. The van der Waals surface area contributed by atoms with Gasteiger partial charge >= 0.3 is 6.03 Å². The van der Waals surface area contributed by atoms with Crippen molar-refractivity contribution in [3.63, 3.8) is 0 Å². The highest BCUT2D eigenvalue weighted by molar-refractivity contribution is 6.14. The number of amides is 2. The van der Waals surface area contributed by atoms with E-state index < -0.39 is 5.79 Å². The van der Waals surface area contributed by atoms with E-state index >= 15 is 0 Å². The third-order valence-electron chi connectivity index (χ3n) is 8.27. The summed E-state index contributed by atoms with van der Waals surface area (Å²) < 4.78 is 18.6. The van der Waals surface area contributed by atoms with E-state index in [1.54, 1.807) is 12.4 Å². The molecule has 2 amide bonds. The first-order chi connectivity index (χ1) is 22.9. The van der Waals surface area contributed by atoms with Gasteiger partial charge in [0.15, 0.2) is 0 Å². The molecule has 3 aromatic rings. The van der Waals surface area contributed by atoms with Crippen LogP contribution in [0.15, 0.2) is 78.2 Å². The summed E-state index contributed by atoms with van der Waals surface area (Å²) in [6.07, 6.45) is 7.42. The second kappa shape index (κ2) is 16.0. The Morgan fingerprint density at radius 3 is 2.30 bits per heavy atom. The molecular weight excluding hydrogens is 598 g/mol. The SMILES string of the molecule is CCC(C)NC(=O)N(C=N)c1ccc(N2CCN(c3ccc(OCC4CO[C@@](CN/N=C\C=N)(c5ccncc5)O4)cc3)CC2)cc1. The Labute approximate surface area is 275 Å². The summed E-state index contributed by atoms with van der Waals surface area (Å²) >= 11 is 0. The van der Waals surface area contributed by atoms with Crippen molar-refractivity contribution in [2.45, 2.75) is 38.2 Å². The molecule has 2 aliphatic rings. The minimum absolute atomic E-state index is 0.0408. The van der Waals surface area contributed by atoms with E-state index in [0.717, 1.165) is 67.8 Å². The zero-order valence-corrected chi connectivity index (χ0v) is 26.8. The topological polar surface area (TPSA) is 151 Å². The van der Waals surface area contributed by atoms with Gasteiger partial charge in [0.2, 0.25) is 5.79 Å². The Bertz CT molecular complexity index is 1480. The first-order valence-electron chi connectivity index (χ1n) is 15.8. The van der Waals surface area contributed by atoms with Gasteiger partial charge < -0.3 is 40.2 Å². The number of hydrazone groups is 1. The maximum absolute atomic E-state index is 12.6. The molecule has 2 aliphatic heterocycles. The number of ether oxygens (including phenoxy) is 3. The van der Waals surface area contributed by atoms with E-state index in [9.17, 15) is 4.79 Å². The number of rotatable bonds is 14. The summed E-state index contributed by atoms with van der Waals surface area (Å²) in [4.78, 5) is 22.7. The van der Waals surface area contributed by atoms with Crippen molar-refractivity contribution in [1.29, 1.82) is 10.8 Å². The number of urea groups is 1. The lowest BCUT2D eigenvalue weighted by molar-refractivity contribution is -0.175.